The normalized spacial score (nSPS) is 46.5. The fraction of sp³-hybridized carbons (Fsp3) is 0.870. The Kier molecular flexibility index (Phi) is 5.61. The van der Waals surface area contributed by atoms with Gasteiger partial charge >= 0.3 is 11.9 Å². The molecule has 4 aliphatic rings. The van der Waals surface area contributed by atoms with E-state index >= 15 is 4.39 Å². The molecule has 4 fully saturated rings. The maximum absolute atomic E-state index is 16.9. The van der Waals surface area contributed by atoms with Crippen molar-refractivity contribution in [2.45, 2.75) is 96.9 Å². The number of rotatable bonds is 3. The number of fused-ring (bicyclic) bond motifs is 5. The van der Waals surface area contributed by atoms with Gasteiger partial charge < -0.3 is 9.47 Å². The zero-order valence-corrected chi connectivity index (χ0v) is 19.3. The average Bonchev–Trinajstić information content (AvgIpc) is 2.99. The predicted octanol–water partition coefficient (Wildman–Crippen LogP) is 4.23. The molecule has 0 N–H and O–H groups in total. The van der Waals surface area contributed by atoms with Crippen LogP contribution in [0.15, 0.2) is 5.10 Å². The highest BCUT2D eigenvalue weighted by molar-refractivity contribution is 5.94. The van der Waals surface area contributed by atoms with Crippen molar-refractivity contribution >= 4 is 17.7 Å². The third kappa shape index (κ3) is 3.43. The molecule has 0 aliphatic heterocycles. The smallest absolute Gasteiger partial charge is 0.302 e. The summed E-state index contributed by atoms with van der Waals surface area (Å²) < 4.78 is 27.9. The van der Waals surface area contributed by atoms with E-state index in [1.165, 1.54) is 13.8 Å². The van der Waals surface area contributed by atoms with Gasteiger partial charge in [-0.3, -0.25) is 9.59 Å². The van der Waals surface area contributed by atoms with Gasteiger partial charge in [-0.15, -0.1) is 0 Å². The van der Waals surface area contributed by atoms with Gasteiger partial charge in [0, 0.05) is 31.1 Å². The third-order valence-corrected chi connectivity index (χ3v) is 9.30. The van der Waals surface area contributed by atoms with Crippen molar-refractivity contribution in [3.8, 4) is 0 Å². The van der Waals surface area contributed by atoms with Crippen LogP contribution in [0.25, 0.3) is 0 Å². The lowest BCUT2D eigenvalue weighted by Gasteiger charge is -2.62. The number of hydrogen-bond donors (Lipinski definition) is 0. The summed E-state index contributed by atoms with van der Waals surface area (Å²) in [6, 6.07) is 0. The fourth-order valence-corrected chi connectivity index (χ4v) is 7.88. The predicted molar refractivity (Wildman–Crippen MR) is 113 cm³/mol. The van der Waals surface area contributed by atoms with Crippen LogP contribution in [0.5, 0.6) is 0 Å². The van der Waals surface area contributed by atoms with Gasteiger partial charge in [-0.05, 0) is 62.7 Å². The molecular formula is C23H33FN2O6. The van der Waals surface area contributed by atoms with Gasteiger partial charge in [0.2, 0.25) is 0 Å². The zero-order chi connectivity index (χ0) is 23.5. The molecule has 0 radical (unpaired) electrons. The number of esters is 2. The Morgan fingerprint density at radius 1 is 1.06 bits per heavy atom. The summed E-state index contributed by atoms with van der Waals surface area (Å²) in [6.07, 6.45) is 3.60. The zero-order valence-electron chi connectivity index (χ0n) is 19.3. The summed E-state index contributed by atoms with van der Waals surface area (Å²) in [5.74, 6) is -0.482. The number of hydrazone groups is 1. The largest absolute Gasteiger partial charge is 0.462 e. The first kappa shape index (κ1) is 23.1. The van der Waals surface area contributed by atoms with Crippen molar-refractivity contribution in [3.63, 3.8) is 0 Å². The molecule has 8 atom stereocenters. The molecular weight excluding hydrogens is 419 g/mol. The lowest BCUT2D eigenvalue weighted by Crippen LogP contribution is -2.65. The number of hydrogen-bond acceptors (Lipinski definition) is 6. The molecule has 0 aromatic rings. The van der Waals surface area contributed by atoms with Crippen LogP contribution in [-0.2, 0) is 19.1 Å². The van der Waals surface area contributed by atoms with Crippen LogP contribution in [0.3, 0.4) is 0 Å². The Balaban J connectivity index is 1.71. The summed E-state index contributed by atoms with van der Waals surface area (Å²) >= 11 is 0. The third-order valence-electron chi connectivity index (χ3n) is 9.30. The minimum atomic E-state index is -1.98. The van der Waals surface area contributed by atoms with Gasteiger partial charge in [0.15, 0.2) is 10.7 Å². The molecule has 0 amide bonds. The van der Waals surface area contributed by atoms with Crippen molar-refractivity contribution in [2.24, 2.45) is 33.7 Å². The average molecular weight is 453 g/mol. The van der Waals surface area contributed by atoms with Gasteiger partial charge in [0.1, 0.15) is 17.9 Å². The molecule has 4 saturated carbocycles. The van der Waals surface area contributed by atoms with Gasteiger partial charge in [-0.2, -0.15) is 0 Å². The molecule has 4 aliphatic carbocycles. The van der Waals surface area contributed by atoms with Crippen molar-refractivity contribution in [3.05, 3.63) is 10.1 Å². The number of carbonyl (C=O) groups excluding carboxylic acids is 2. The van der Waals surface area contributed by atoms with Gasteiger partial charge in [0.25, 0.3) is 0 Å². The minimum Gasteiger partial charge on any atom is -0.462 e. The topological polar surface area (TPSA) is 108 Å². The van der Waals surface area contributed by atoms with Crippen LogP contribution in [0.2, 0.25) is 0 Å². The van der Waals surface area contributed by atoms with Crippen molar-refractivity contribution in [1.82, 2.24) is 0 Å². The quantitative estimate of drug-likeness (QED) is 0.360. The molecule has 0 spiro atoms. The minimum absolute atomic E-state index is 0.0247. The molecule has 9 heteroatoms. The fourth-order valence-electron chi connectivity index (χ4n) is 7.88. The second-order valence-corrected chi connectivity index (χ2v) is 10.8. The number of carbonyl (C=O) groups is 2. The summed E-state index contributed by atoms with van der Waals surface area (Å²) in [5, 5.41) is 14.2. The molecule has 4 rings (SSSR count). The molecule has 8 nitrogen and oxygen atoms in total. The van der Waals surface area contributed by atoms with Gasteiger partial charge in [-0.1, -0.05) is 13.8 Å². The summed E-state index contributed by atoms with van der Waals surface area (Å²) in [6.45, 7) is 6.77. The molecule has 0 aromatic carbocycles. The lowest BCUT2D eigenvalue weighted by molar-refractivity contribution is -0.486. The Hall–Kier alpha value is -2.06. The highest BCUT2D eigenvalue weighted by atomic mass is 19.1. The van der Waals surface area contributed by atoms with E-state index in [1.807, 2.05) is 6.92 Å². The lowest BCUT2D eigenvalue weighted by atomic mass is 9.43. The van der Waals surface area contributed by atoms with E-state index in [1.54, 1.807) is 0 Å². The molecule has 0 saturated heterocycles. The second-order valence-electron chi connectivity index (χ2n) is 10.8. The number of alkyl halides is 1. The number of ether oxygens (including phenoxy) is 2. The van der Waals surface area contributed by atoms with E-state index in [2.05, 4.69) is 12.0 Å². The van der Waals surface area contributed by atoms with Crippen LogP contribution in [0, 0.1) is 38.7 Å². The van der Waals surface area contributed by atoms with Crippen molar-refractivity contribution in [2.75, 3.05) is 0 Å². The molecule has 178 valence electrons. The summed E-state index contributed by atoms with van der Waals surface area (Å²) in [7, 11) is 0. The Labute approximate surface area is 187 Å². The highest BCUT2D eigenvalue weighted by Gasteiger charge is 2.69. The first-order chi connectivity index (χ1) is 14.9. The maximum atomic E-state index is 16.9. The van der Waals surface area contributed by atoms with E-state index in [9.17, 15) is 19.7 Å². The Bertz CT molecular complexity index is 863. The van der Waals surface area contributed by atoms with Crippen LogP contribution < -0.4 is 0 Å². The van der Waals surface area contributed by atoms with Crippen molar-refractivity contribution in [1.29, 1.82) is 0 Å². The number of nitrogens with zero attached hydrogens (tertiary/aromatic N) is 2. The first-order valence-electron chi connectivity index (χ1n) is 11.7. The van der Waals surface area contributed by atoms with Gasteiger partial charge in [0.05, 0.1) is 5.10 Å². The molecule has 0 aromatic heterocycles. The SMILES string of the molecule is CC(=O)O[C@H]1CC[C@]2(C)[C@H]3CC[C@]4(C)[C@@H](OC(C)=O)CC[C@H]4[C@@H]3C/C(=N\[N+](=O)[O-])[C@@]2(F)C1. The van der Waals surface area contributed by atoms with Gasteiger partial charge in [-0.25, -0.2) is 14.5 Å². The standard InChI is InChI=1S/C23H33FN2O6/c1-13(27)31-15-7-10-22(4)18-8-9-21(3)17(5-6-20(21)32-14(2)28)16(18)11-19(25-26(29)30)23(22,24)12-15/h15-18,20H,5-12H2,1-4H3/b25-19+/t15-,16-,17-,18-,20-,21-,22+,23-/m0/s1. The van der Waals surface area contributed by atoms with Crippen molar-refractivity contribution < 1.29 is 28.5 Å². The van der Waals surface area contributed by atoms with Crippen LogP contribution in [0.4, 0.5) is 4.39 Å². The van der Waals surface area contributed by atoms with Crippen LogP contribution >= 0.6 is 0 Å². The monoisotopic (exact) mass is 452 g/mol. The van der Waals surface area contributed by atoms with Crippen LogP contribution in [0.1, 0.15) is 79.1 Å². The molecule has 0 unspecified atom stereocenters. The number of nitro groups is 1. The second kappa shape index (κ2) is 7.76. The molecule has 0 heterocycles. The Morgan fingerprint density at radius 2 is 1.75 bits per heavy atom. The van der Waals surface area contributed by atoms with E-state index in [-0.39, 0.29) is 53.8 Å². The summed E-state index contributed by atoms with van der Waals surface area (Å²) in [4.78, 5) is 34.5. The van der Waals surface area contributed by atoms with E-state index in [0.29, 0.717) is 12.8 Å². The first-order valence-corrected chi connectivity index (χ1v) is 11.7. The number of halogens is 1. The highest BCUT2D eigenvalue weighted by Crippen LogP contribution is 2.68. The van der Waals surface area contributed by atoms with Crippen LogP contribution in [-0.4, -0.2) is 40.6 Å². The van der Waals surface area contributed by atoms with E-state index < -0.39 is 28.2 Å². The maximum Gasteiger partial charge on any atom is 0.302 e. The molecule has 32 heavy (non-hydrogen) atoms. The van der Waals surface area contributed by atoms with E-state index in [0.717, 1.165) is 25.7 Å². The van der Waals surface area contributed by atoms with E-state index in [4.69, 9.17) is 9.47 Å². The molecule has 0 bridgehead atoms. The Morgan fingerprint density at radius 3 is 2.38 bits per heavy atom. The summed E-state index contributed by atoms with van der Waals surface area (Å²) in [5.41, 5.74) is -3.04.